The van der Waals surface area contributed by atoms with Crippen molar-refractivity contribution in [3.05, 3.63) is 101 Å². The van der Waals surface area contributed by atoms with E-state index in [1.807, 2.05) is 84.9 Å². The van der Waals surface area contributed by atoms with Crippen LogP contribution in [0.25, 0.3) is 6.08 Å². The number of rotatable bonds is 9. The fraction of sp³-hybridized carbons (Fsp3) is 0.154. The van der Waals surface area contributed by atoms with E-state index in [0.29, 0.717) is 36.8 Å². The molecule has 0 saturated carbocycles. The first-order valence-electron chi connectivity index (χ1n) is 10.4. The van der Waals surface area contributed by atoms with Crippen molar-refractivity contribution >= 4 is 29.0 Å². The fourth-order valence-corrected chi connectivity index (χ4v) is 4.12. The van der Waals surface area contributed by atoms with Gasteiger partial charge in [0.2, 0.25) is 0 Å². The van der Waals surface area contributed by atoms with Crippen LogP contribution in [0.5, 0.6) is 11.5 Å². The average Bonchev–Trinajstić information content (AvgIpc) is 3.09. The molecule has 1 aliphatic heterocycles. The summed E-state index contributed by atoms with van der Waals surface area (Å²) in [5, 5.41) is -0.234. The summed E-state index contributed by atoms with van der Waals surface area (Å²) in [6.45, 7) is 1.19. The number of para-hydroxylation sites is 1. The summed E-state index contributed by atoms with van der Waals surface area (Å²) in [4.78, 5) is 26.8. The third-order valence-electron chi connectivity index (χ3n) is 4.86. The van der Waals surface area contributed by atoms with Gasteiger partial charge in [-0.1, -0.05) is 60.7 Å². The van der Waals surface area contributed by atoms with Crippen molar-refractivity contribution < 1.29 is 19.1 Å². The molecule has 1 fully saturated rings. The van der Waals surface area contributed by atoms with Gasteiger partial charge < -0.3 is 9.47 Å². The standard InChI is InChI=1S/C26H23NO4S/c28-25-24(32-26(29)27(25)15-14-20-8-3-1-4-9-20)19-21-10-7-13-23(18-21)31-17-16-30-22-11-5-2-6-12-22/h1-13,18-19H,14-17H2/b24-19+. The first kappa shape index (κ1) is 21.7. The molecule has 4 rings (SSSR count). The van der Waals surface area contributed by atoms with Crippen molar-refractivity contribution in [2.24, 2.45) is 0 Å². The molecule has 2 amide bonds. The van der Waals surface area contributed by atoms with Crippen LogP contribution in [0.4, 0.5) is 4.79 Å². The summed E-state index contributed by atoms with van der Waals surface area (Å²) in [5.41, 5.74) is 1.90. The van der Waals surface area contributed by atoms with E-state index in [4.69, 9.17) is 9.47 Å². The number of nitrogens with zero attached hydrogens (tertiary/aromatic N) is 1. The van der Waals surface area contributed by atoms with Gasteiger partial charge in [0.25, 0.3) is 11.1 Å². The van der Waals surface area contributed by atoms with Crippen LogP contribution >= 0.6 is 11.8 Å². The van der Waals surface area contributed by atoms with E-state index in [9.17, 15) is 9.59 Å². The van der Waals surface area contributed by atoms with Crippen LogP contribution in [0.2, 0.25) is 0 Å². The number of carbonyl (C=O) groups is 2. The Morgan fingerprint density at radius 3 is 2.19 bits per heavy atom. The van der Waals surface area contributed by atoms with Crippen molar-refractivity contribution in [2.75, 3.05) is 19.8 Å². The number of carbonyl (C=O) groups excluding carboxylic acids is 2. The Hall–Kier alpha value is -3.51. The van der Waals surface area contributed by atoms with E-state index in [2.05, 4.69) is 0 Å². The highest BCUT2D eigenvalue weighted by Gasteiger charge is 2.34. The number of amides is 2. The van der Waals surface area contributed by atoms with E-state index in [-0.39, 0.29) is 11.1 Å². The topological polar surface area (TPSA) is 55.8 Å². The molecule has 3 aromatic carbocycles. The summed E-state index contributed by atoms with van der Waals surface area (Å²) in [5.74, 6) is 1.23. The van der Waals surface area contributed by atoms with E-state index >= 15 is 0 Å². The number of thioether (sulfide) groups is 1. The van der Waals surface area contributed by atoms with E-state index in [0.717, 1.165) is 28.6 Å². The van der Waals surface area contributed by atoms with Gasteiger partial charge in [0, 0.05) is 6.54 Å². The number of hydrogen-bond donors (Lipinski definition) is 0. The Labute approximate surface area is 191 Å². The minimum Gasteiger partial charge on any atom is -0.490 e. The second kappa shape index (κ2) is 10.7. The van der Waals surface area contributed by atoms with Crippen molar-refractivity contribution in [1.29, 1.82) is 0 Å². The largest absolute Gasteiger partial charge is 0.490 e. The minimum absolute atomic E-state index is 0.234. The van der Waals surface area contributed by atoms with Gasteiger partial charge in [-0.25, -0.2) is 0 Å². The van der Waals surface area contributed by atoms with Crippen molar-refractivity contribution in [3.8, 4) is 11.5 Å². The van der Waals surface area contributed by atoms with E-state index in [1.165, 1.54) is 4.90 Å². The van der Waals surface area contributed by atoms with Crippen molar-refractivity contribution in [1.82, 2.24) is 4.90 Å². The third-order valence-corrected chi connectivity index (χ3v) is 5.77. The summed E-state index contributed by atoms with van der Waals surface area (Å²) >= 11 is 0.974. The predicted molar refractivity (Wildman–Crippen MR) is 127 cm³/mol. The van der Waals surface area contributed by atoms with Crippen molar-refractivity contribution in [2.45, 2.75) is 6.42 Å². The van der Waals surface area contributed by atoms with Gasteiger partial charge >= 0.3 is 0 Å². The van der Waals surface area contributed by atoms with Crippen molar-refractivity contribution in [3.63, 3.8) is 0 Å². The third kappa shape index (κ3) is 5.80. The number of hydrogen-bond acceptors (Lipinski definition) is 5. The minimum atomic E-state index is -0.251. The van der Waals surface area contributed by atoms with Crippen LogP contribution in [-0.2, 0) is 11.2 Å². The maximum atomic E-state index is 12.7. The maximum absolute atomic E-state index is 12.7. The highest BCUT2D eigenvalue weighted by Crippen LogP contribution is 2.32. The predicted octanol–water partition coefficient (Wildman–Crippen LogP) is 5.42. The molecular formula is C26H23NO4S. The second-order valence-corrected chi connectivity index (χ2v) is 8.14. The Morgan fingerprint density at radius 1 is 0.781 bits per heavy atom. The Bertz CT molecular complexity index is 1100. The van der Waals surface area contributed by atoms with Crippen LogP contribution in [0, 0.1) is 0 Å². The van der Waals surface area contributed by atoms with Gasteiger partial charge in [0.1, 0.15) is 24.7 Å². The molecule has 1 saturated heterocycles. The maximum Gasteiger partial charge on any atom is 0.293 e. The number of ether oxygens (including phenoxy) is 2. The quantitative estimate of drug-likeness (QED) is 0.325. The lowest BCUT2D eigenvalue weighted by Crippen LogP contribution is -2.30. The smallest absolute Gasteiger partial charge is 0.293 e. The second-order valence-electron chi connectivity index (χ2n) is 7.15. The normalized spacial score (nSPS) is 14.8. The zero-order valence-corrected chi connectivity index (χ0v) is 18.3. The summed E-state index contributed by atoms with van der Waals surface area (Å²) in [7, 11) is 0. The molecule has 0 N–H and O–H groups in total. The molecule has 162 valence electrons. The lowest BCUT2D eigenvalue weighted by atomic mass is 10.1. The first-order valence-corrected chi connectivity index (χ1v) is 11.2. The fourth-order valence-electron chi connectivity index (χ4n) is 3.26. The lowest BCUT2D eigenvalue weighted by Gasteiger charge is -2.12. The summed E-state index contributed by atoms with van der Waals surface area (Å²) < 4.78 is 11.4. The van der Waals surface area contributed by atoms with E-state index < -0.39 is 0 Å². The molecule has 0 aromatic heterocycles. The van der Waals surface area contributed by atoms with Crippen LogP contribution in [0.3, 0.4) is 0 Å². The molecule has 1 aliphatic rings. The molecular weight excluding hydrogens is 422 g/mol. The Morgan fingerprint density at radius 2 is 1.44 bits per heavy atom. The highest BCUT2D eigenvalue weighted by molar-refractivity contribution is 8.18. The van der Waals surface area contributed by atoms with E-state index in [1.54, 1.807) is 6.08 Å². The molecule has 0 aliphatic carbocycles. The number of imide groups is 1. The van der Waals surface area contributed by atoms with Gasteiger partial charge in [0.05, 0.1) is 4.91 Å². The molecule has 1 heterocycles. The average molecular weight is 446 g/mol. The first-order chi connectivity index (χ1) is 15.7. The molecule has 3 aromatic rings. The summed E-state index contributed by atoms with van der Waals surface area (Å²) in [6, 6.07) is 26.8. The molecule has 0 spiro atoms. The van der Waals surface area contributed by atoms with Crippen LogP contribution in [0.15, 0.2) is 89.8 Å². The number of benzene rings is 3. The highest BCUT2D eigenvalue weighted by atomic mass is 32.2. The zero-order valence-electron chi connectivity index (χ0n) is 17.5. The molecule has 6 heteroatoms. The lowest BCUT2D eigenvalue weighted by molar-refractivity contribution is -0.122. The zero-order chi connectivity index (χ0) is 22.2. The summed E-state index contributed by atoms with van der Waals surface area (Å²) in [6.07, 6.45) is 2.38. The SMILES string of the molecule is O=C1S/C(=C/c2cccc(OCCOc3ccccc3)c2)C(=O)N1CCc1ccccc1. The molecule has 0 radical (unpaired) electrons. The molecule has 0 atom stereocenters. The van der Waals surface area contributed by atoms with Crippen LogP contribution in [0.1, 0.15) is 11.1 Å². The molecule has 5 nitrogen and oxygen atoms in total. The van der Waals surface area contributed by atoms with Gasteiger partial charge in [-0.05, 0) is 59.7 Å². The van der Waals surface area contributed by atoms with Crippen LogP contribution < -0.4 is 9.47 Å². The molecule has 32 heavy (non-hydrogen) atoms. The van der Waals surface area contributed by atoms with Crippen LogP contribution in [-0.4, -0.2) is 35.8 Å². The van der Waals surface area contributed by atoms with Gasteiger partial charge in [-0.15, -0.1) is 0 Å². The molecule has 0 bridgehead atoms. The molecule has 0 unspecified atom stereocenters. The van der Waals surface area contributed by atoms with Gasteiger partial charge in [0.15, 0.2) is 0 Å². The monoisotopic (exact) mass is 445 g/mol. The Kier molecular flexibility index (Phi) is 7.25. The van der Waals surface area contributed by atoms with Gasteiger partial charge in [-0.2, -0.15) is 0 Å². The Balaban J connectivity index is 1.33. The van der Waals surface area contributed by atoms with Gasteiger partial charge in [-0.3, -0.25) is 14.5 Å².